The van der Waals surface area contributed by atoms with Gasteiger partial charge in [0.2, 0.25) is 5.91 Å². The van der Waals surface area contributed by atoms with E-state index in [1.54, 1.807) is 0 Å². The van der Waals surface area contributed by atoms with Crippen molar-refractivity contribution in [2.45, 2.75) is 11.7 Å². The van der Waals surface area contributed by atoms with Crippen LogP contribution in [-0.4, -0.2) is 55.3 Å². The van der Waals surface area contributed by atoms with Crippen LogP contribution < -0.4 is 10.6 Å². The van der Waals surface area contributed by atoms with Gasteiger partial charge in [0.1, 0.15) is 0 Å². The van der Waals surface area contributed by atoms with Crippen LogP contribution in [0, 0.1) is 0 Å². The van der Waals surface area contributed by atoms with Crippen LogP contribution in [0.1, 0.15) is 5.56 Å². The number of hydrogen-bond acceptors (Lipinski definition) is 4. The molecule has 1 atom stereocenters. The summed E-state index contributed by atoms with van der Waals surface area (Å²) in [7, 11) is 0. The molecule has 0 aliphatic carbocycles. The fourth-order valence-electron chi connectivity index (χ4n) is 2.32. The molecule has 0 aromatic heterocycles. The zero-order valence-electron chi connectivity index (χ0n) is 11.7. The predicted octanol–water partition coefficient (Wildman–Crippen LogP) is 0.549. The van der Waals surface area contributed by atoms with Gasteiger partial charge in [0.25, 0.3) is 0 Å². The second-order valence-corrected chi connectivity index (χ2v) is 5.71. The topological polar surface area (TPSA) is 44.4 Å². The second kappa shape index (κ2) is 8.29. The van der Waals surface area contributed by atoms with Crippen molar-refractivity contribution in [2.75, 3.05) is 39.3 Å². The zero-order valence-corrected chi connectivity index (χ0v) is 12.6. The van der Waals surface area contributed by atoms with Gasteiger partial charge in [0.15, 0.2) is 0 Å². The molecule has 0 spiro atoms. The monoisotopic (exact) mass is 293 g/mol. The first-order chi connectivity index (χ1) is 9.75. The fraction of sp³-hybridized carbons (Fsp3) is 0.533. The first-order valence-electron chi connectivity index (χ1n) is 7.18. The average Bonchev–Trinajstić information content (AvgIpc) is 2.49. The van der Waals surface area contributed by atoms with Crippen molar-refractivity contribution in [3.63, 3.8) is 0 Å². The van der Waals surface area contributed by atoms with Gasteiger partial charge in [-0.05, 0) is 12.0 Å². The van der Waals surface area contributed by atoms with Gasteiger partial charge < -0.3 is 10.6 Å². The van der Waals surface area contributed by atoms with E-state index in [2.05, 4.69) is 28.2 Å². The molecule has 1 aromatic carbocycles. The average molecular weight is 293 g/mol. The highest BCUT2D eigenvalue weighted by Gasteiger charge is 2.15. The molecule has 1 aliphatic heterocycles. The van der Waals surface area contributed by atoms with Gasteiger partial charge in [-0.2, -0.15) is 12.6 Å². The van der Waals surface area contributed by atoms with Gasteiger partial charge in [-0.1, -0.05) is 30.3 Å². The number of nitrogens with one attached hydrogen (secondary N) is 2. The zero-order chi connectivity index (χ0) is 14.2. The van der Waals surface area contributed by atoms with Crippen molar-refractivity contribution in [3.8, 4) is 0 Å². The number of carbonyl (C=O) groups is 1. The highest BCUT2D eigenvalue weighted by molar-refractivity contribution is 7.81. The van der Waals surface area contributed by atoms with Gasteiger partial charge >= 0.3 is 0 Å². The Kier molecular flexibility index (Phi) is 6.36. The number of amides is 1. The van der Waals surface area contributed by atoms with Crippen LogP contribution in [0.15, 0.2) is 30.3 Å². The first kappa shape index (κ1) is 15.4. The SMILES string of the molecule is O=C(NCCN1CCNCC1)C(S)Cc1ccccc1. The molecule has 1 aromatic rings. The molecule has 0 bridgehead atoms. The molecule has 2 rings (SSSR count). The Labute approximate surface area is 126 Å². The van der Waals surface area contributed by atoms with Crippen molar-refractivity contribution in [3.05, 3.63) is 35.9 Å². The standard InChI is InChI=1S/C15H23N3OS/c19-15(14(20)12-13-4-2-1-3-5-13)17-8-11-18-9-6-16-7-10-18/h1-5,14,16,20H,6-12H2,(H,17,19). The van der Waals surface area contributed by atoms with Crippen LogP contribution in [0.3, 0.4) is 0 Å². The molecule has 1 unspecified atom stereocenters. The van der Waals surface area contributed by atoms with Crippen LogP contribution in [0.2, 0.25) is 0 Å². The number of carbonyl (C=O) groups excluding carboxylic acids is 1. The minimum Gasteiger partial charge on any atom is -0.354 e. The maximum atomic E-state index is 12.0. The van der Waals surface area contributed by atoms with Crippen molar-refractivity contribution >= 4 is 18.5 Å². The van der Waals surface area contributed by atoms with Gasteiger partial charge in [0, 0.05) is 39.3 Å². The quantitative estimate of drug-likeness (QED) is 0.671. The lowest BCUT2D eigenvalue weighted by Crippen LogP contribution is -2.46. The van der Waals surface area contributed by atoms with Crippen molar-refractivity contribution < 1.29 is 4.79 Å². The van der Waals surface area contributed by atoms with E-state index in [0.717, 1.165) is 38.3 Å². The predicted molar refractivity (Wildman–Crippen MR) is 85.2 cm³/mol. The maximum Gasteiger partial charge on any atom is 0.233 e. The molecule has 1 amide bonds. The minimum atomic E-state index is -0.277. The summed E-state index contributed by atoms with van der Waals surface area (Å²) in [4.78, 5) is 14.3. The molecule has 5 heteroatoms. The summed E-state index contributed by atoms with van der Waals surface area (Å²) in [6, 6.07) is 10.00. The molecule has 1 fully saturated rings. The number of benzene rings is 1. The smallest absolute Gasteiger partial charge is 0.233 e. The summed E-state index contributed by atoms with van der Waals surface area (Å²) in [5.41, 5.74) is 1.14. The Morgan fingerprint density at radius 2 is 2.00 bits per heavy atom. The minimum absolute atomic E-state index is 0.0207. The molecular weight excluding hydrogens is 270 g/mol. The van der Waals surface area contributed by atoms with Crippen LogP contribution in [0.4, 0.5) is 0 Å². The summed E-state index contributed by atoms with van der Waals surface area (Å²) in [5.74, 6) is 0.0207. The number of piperazine rings is 1. The molecule has 0 radical (unpaired) electrons. The number of thiol groups is 1. The fourth-order valence-corrected chi connectivity index (χ4v) is 2.62. The van der Waals surface area contributed by atoms with E-state index in [1.807, 2.05) is 30.3 Å². The third-order valence-electron chi connectivity index (χ3n) is 3.51. The highest BCUT2D eigenvalue weighted by Crippen LogP contribution is 2.07. The van der Waals surface area contributed by atoms with Crippen LogP contribution >= 0.6 is 12.6 Å². The third-order valence-corrected chi connectivity index (χ3v) is 3.93. The van der Waals surface area contributed by atoms with E-state index >= 15 is 0 Å². The molecule has 1 heterocycles. The first-order valence-corrected chi connectivity index (χ1v) is 7.70. The van der Waals surface area contributed by atoms with Crippen molar-refractivity contribution in [1.29, 1.82) is 0 Å². The van der Waals surface area contributed by atoms with E-state index in [0.29, 0.717) is 13.0 Å². The molecular formula is C15H23N3OS. The lowest BCUT2D eigenvalue weighted by molar-refractivity contribution is -0.120. The van der Waals surface area contributed by atoms with Crippen LogP contribution in [-0.2, 0) is 11.2 Å². The Balaban J connectivity index is 1.66. The molecule has 20 heavy (non-hydrogen) atoms. The summed E-state index contributed by atoms with van der Waals surface area (Å²) in [5, 5.41) is 6.01. The van der Waals surface area contributed by atoms with Gasteiger partial charge in [-0.3, -0.25) is 9.69 Å². The summed E-state index contributed by atoms with van der Waals surface area (Å²) < 4.78 is 0. The molecule has 1 saturated heterocycles. The Bertz CT molecular complexity index is 407. The molecule has 0 saturated carbocycles. The van der Waals surface area contributed by atoms with Gasteiger partial charge in [0.05, 0.1) is 5.25 Å². The number of nitrogens with zero attached hydrogens (tertiary/aromatic N) is 1. The largest absolute Gasteiger partial charge is 0.354 e. The Morgan fingerprint density at radius 1 is 1.30 bits per heavy atom. The van der Waals surface area contributed by atoms with E-state index < -0.39 is 0 Å². The van der Waals surface area contributed by atoms with Crippen molar-refractivity contribution in [2.24, 2.45) is 0 Å². The molecule has 4 nitrogen and oxygen atoms in total. The molecule has 1 aliphatic rings. The van der Waals surface area contributed by atoms with Crippen LogP contribution in [0.5, 0.6) is 0 Å². The normalized spacial score (nSPS) is 17.6. The van der Waals surface area contributed by atoms with Crippen molar-refractivity contribution in [1.82, 2.24) is 15.5 Å². The van der Waals surface area contributed by atoms with E-state index in [-0.39, 0.29) is 11.2 Å². The number of hydrogen-bond donors (Lipinski definition) is 3. The highest BCUT2D eigenvalue weighted by atomic mass is 32.1. The van der Waals surface area contributed by atoms with Gasteiger partial charge in [-0.15, -0.1) is 0 Å². The van der Waals surface area contributed by atoms with Crippen LogP contribution in [0.25, 0.3) is 0 Å². The van der Waals surface area contributed by atoms with E-state index in [4.69, 9.17) is 0 Å². The van der Waals surface area contributed by atoms with E-state index in [1.165, 1.54) is 0 Å². The molecule has 110 valence electrons. The van der Waals surface area contributed by atoms with Gasteiger partial charge in [-0.25, -0.2) is 0 Å². The lowest BCUT2D eigenvalue weighted by Gasteiger charge is -2.27. The second-order valence-electron chi connectivity index (χ2n) is 5.09. The summed E-state index contributed by atoms with van der Waals surface area (Å²) >= 11 is 4.40. The lowest BCUT2D eigenvalue weighted by atomic mass is 10.1. The Hall–Kier alpha value is -1.04. The third kappa shape index (κ3) is 5.15. The number of rotatable bonds is 6. The summed E-state index contributed by atoms with van der Waals surface area (Å²) in [6.07, 6.45) is 0.670. The van der Waals surface area contributed by atoms with E-state index in [9.17, 15) is 4.79 Å². The summed E-state index contributed by atoms with van der Waals surface area (Å²) in [6.45, 7) is 5.81. The Morgan fingerprint density at radius 3 is 2.70 bits per heavy atom. The maximum absolute atomic E-state index is 12.0. The molecule has 2 N–H and O–H groups in total.